The summed E-state index contributed by atoms with van der Waals surface area (Å²) in [6.07, 6.45) is 4.47. The fourth-order valence-corrected chi connectivity index (χ4v) is 2.54. The van der Waals surface area contributed by atoms with E-state index in [9.17, 15) is 0 Å². The molecule has 1 saturated heterocycles. The van der Waals surface area contributed by atoms with Crippen molar-refractivity contribution in [3.63, 3.8) is 0 Å². The van der Waals surface area contributed by atoms with Gasteiger partial charge in [-0.3, -0.25) is 0 Å². The van der Waals surface area contributed by atoms with E-state index in [1.165, 1.54) is 0 Å². The van der Waals surface area contributed by atoms with Crippen LogP contribution in [0.4, 0.5) is 5.69 Å². The Balaban J connectivity index is 1.83. The van der Waals surface area contributed by atoms with Crippen LogP contribution in [-0.4, -0.2) is 43.6 Å². The van der Waals surface area contributed by atoms with Crippen LogP contribution in [-0.2, 0) is 9.47 Å². The maximum Gasteiger partial charge on any atom is 0.213 e. The van der Waals surface area contributed by atoms with Crippen molar-refractivity contribution in [3.05, 3.63) is 18.3 Å². The van der Waals surface area contributed by atoms with Gasteiger partial charge in [0, 0.05) is 19.2 Å². The number of hydrogen-bond donors (Lipinski definition) is 1. The van der Waals surface area contributed by atoms with Gasteiger partial charge in [-0.05, 0) is 32.8 Å². The molecule has 1 aliphatic heterocycles. The summed E-state index contributed by atoms with van der Waals surface area (Å²) in [6, 6.07) is 4.32. The smallest absolute Gasteiger partial charge is 0.213 e. The maximum absolute atomic E-state index is 5.74. The normalized spacial score (nSPS) is 26.2. The third-order valence-electron chi connectivity index (χ3n) is 3.34. The first kappa shape index (κ1) is 15.1. The molecule has 20 heavy (non-hydrogen) atoms. The van der Waals surface area contributed by atoms with Crippen molar-refractivity contribution in [2.45, 2.75) is 44.9 Å². The van der Waals surface area contributed by atoms with E-state index >= 15 is 0 Å². The zero-order chi connectivity index (χ0) is 14.4. The summed E-state index contributed by atoms with van der Waals surface area (Å²) in [5, 5.41) is 3.51. The lowest BCUT2D eigenvalue weighted by molar-refractivity contribution is -0.0337. The van der Waals surface area contributed by atoms with E-state index in [0.717, 1.165) is 18.5 Å². The minimum atomic E-state index is 0.306. The quantitative estimate of drug-likeness (QED) is 0.811. The Labute approximate surface area is 120 Å². The van der Waals surface area contributed by atoms with Crippen LogP contribution in [0.3, 0.4) is 0 Å². The van der Waals surface area contributed by atoms with Gasteiger partial charge in [0.15, 0.2) is 0 Å². The Morgan fingerprint density at radius 3 is 2.60 bits per heavy atom. The van der Waals surface area contributed by atoms with E-state index in [1.807, 2.05) is 18.3 Å². The van der Waals surface area contributed by atoms with Gasteiger partial charge in [-0.2, -0.15) is 0 Å². The summed E-state index contributed by atoms with van der Waals surface area (Å²) in [5.41, 5.74) is 1.02. The molecule has 2 unspecified atom stereocenters. The molecule has 1 aromatic rings. The Hall–Kier alpha value is -1.33. The first-order valence-corrected chi connectivity index (χ1v) is 7.17. The number of hydrogen-bond acceptors (Lipinski definition) is 5. The molecule has 5 heteroatoms. The summed E-state index contributed by atoms with van der Waals surface area (Å²) in [7, 11) is 1.65. The average molecular weight is 280 g/mol. The number of aromatic nitrogens is 1. The van der Waals surface area contributed by atoms with Gasteiger partial charge in [0.2, 0.25) is 5.88 Å². The summed E-state index contributed by atoms with van der Waals surface area (Å²) >= 11 is 0. The molecule has 5 nitrogen and oxygen atoms in total. The van der Waals surface area contributed by atoms with Gasteiger partial charge < -0.3 is 19.5 Å². The van der Waals surface area contributed by atoms with Crippen molar-refractivity contribution >= 4 is 5.69 Å². The number of methoxy groups -OCH3 is 1. The highest BCUT2D eigenvalue weighted by Crippen LogP contribution is 2.22. The molecular weight excluding hydrogens is 256 g/mol. The fraction of sp³-hybridized carbons (Fsp3) is 0.667. The van der Waals surface area contributed by atoms with Crippen LogP contribution < -0.4 is 10.1 Å². The molecule has 0 aromatic carbocycles. The van der Waals surface area contributed by atoms with Gasteiger partial charge in [-0.25, -0.2) is 4.98 Å². The molecule has 1 aliphatic rings. The van der Waals surface area contributed by atoms with E-state index in [2.05, 4.69) is 24.1 Å². The van der Waals surface area contributed by atoms with Gasteiger partial charge in [0.05, 0.1) is 30.7 Å². The molecule has 0 radical (unpaired) electrons. The minimum Gasteiger partial charge on any atom is -0.475 e. The van der Waals surface area contributed by atoms with Crippen LogP contribution in [0, 0.1) is 0 Å². The third-order valence-corrected chi connectivity index (χ3v) is 3.34. The molecule has 0 spiro atoms. The van der Waals surface area contributed by atoms with Gasteiger partial charge >= 0.3 is 0 Å². The van der Waals surface area contributed by atoms with Crippen molar-refractivity contribution in [3.8, 4) is 5.88 Å². The molecule has 0 aliphatic carbocycles. The van der Waals surface area contributed by atoms with E-state index in [1.54, 1.807) is 7.11 Å². The zero-order valence-electron chi connectivity index (χ0n) is 12.5. The SMILES string of the molecule is COCCOc1ccc(NC2CC(C)OC(C)C2)cn1. The molecule has 112 valence electrons. The summed E-state index contributed by atoms with van der Waals surface area (Å²) < 4.78 is 16.1. The van der Waals surface area contributed by atoms with Crippen LogP contribution in [0.1, 0.15) is 26.7 Å². The largest absolute Gasteiger partial charge is 0.475 e. The van der Waals surface area contributed by atoms with Gasteiger partial charge in [-0.1, -0.05) is 0 Å². The van der Waals surface area contributed by atoms with Crippen LogP contribution >= 0.6 is 0 Å². The summed E-state index contributed by atoms with van der Waals surface area (Å²) in [5.74, 6) is 0.626. The molecule has 1 N–H and O–H groups in total. The van der Waals surface area contributed by atoms with E-state index in [-0.39, 0.29) is 0 Å². The third kappa shape index (κ3) is 4.65. The number of anilines is 1. The van der Waals surface area contributed by atoms with Gasteiger partial charge in [-0.15, -0.1) is 0 Å². The van der Waals surface area contributed by atoms with Gasteiger partial charge in [0.1, 0.15) is 6.61 Å². The molecule has 0 saturated carbocycles. The number of ether oxygens (including phenoxy) is 3. The van der Waals surface area contributed by atoms with Gasteiger partial charge in [0.25, 0.3) is 0 Å². The highest BCUT2D eigenvalue weighted by atomic mass is 16.5. The second kappa shape index (κ2) is 7.45. The number of nitrogens with one attached hydrogen (secondary N) is 1. The summed E-state index contributed by atoms with van der Waals surface area (Å²) in [4.78, 5) is 4.28. The van der Waals surface area contributed by atoms with Crippen molar-refractivity contribution in [2.75, 3.05) is 25.6 Å². The Morgan fingerprint density at radius 1 is 1.25 bits per heavy atom. The predicted molar refractivity (Wildman–Crippen MR) is 78.3 cm³/mol. The maximum atomic E-state index is 5.74. The lowest BCUT2D eigenvalue weighted by atomic mass is 10.00. The van der Waals surface area contributed by atoms with Crippen LogP contribution in [0.2, 0.25) is 0 Å². The Morgan fingerprint density at radius 2 is 2.00 bits per heavy atom. The van der Waals surface area contributed by atoms with Crippen molar-refractivity contribution in [1.29, 1.82) is 0 Å². The highest BCUT2D eigenvalue weighted by molar-refractivity contribution is 5.43. The fourth-order valence-electron chi connectivity index (χ4n) is 2.54. The standard InChI is InChI=1S/C15H24N2O3/c1-11-8-14(9-12(2)20-11)17-13-4-5-15(16-10-13)19-7-6-18-3/h4-5,10-12,14,17H,6-9H2,1-3H3. The molecule has 2 rings (SSSR count). The Kier molecular flexibility index (Phi) is 5.61. The molecular formula is C15H24N2O3. The molecule has 1 fully saturated rings. The van der Waals surface area contributed by atoms with Crippen molar-refractivity contribution < 1.29 is 14.2 Å². The molecule has 0 amide bonds. The zero-order valence-corrected chi connectivity index (χ0v) is 12.5. The summed E-state index contributed by atoms with van der Waals surface area (Å²) in [6.45, 7) is 5.33. The number of pyridine rings is 1. The number of nitrogens with zero attached hydrogens (tertiary/aromatic N) is 1. The first-order valence-electron chi connectivity index (χ1n) is 7.17. The van der Waals surface area contributed by atoms with E-state index < -0.39 is 0 Å². The number of rotatable bonds is 6. The predicted octanol–water partition coefficient (Wildman–Crippen LogP) is 2.47. The molecule has 2 atom stereocenters. The molecule has 0 bridgehead atoms. The van der Waals surface area contributed by atoms with Crippen LogP contribution in [0.5, 0.6) is 5.88 Å². The topological polar surface area (TPSA) is 52.6 Å². The average Bonchev–Trinajstić information content (AvgIpc) is 2.40. The van der Waals surface area contributed by atoms with E-state index in [4.69, 9.17) is 14.2 Å². The second-order valence-electron chi connectivity index (χ2n) is 5.30. The minimum absolute atomic E-state index is 0.306. The van der Waals surface area contributed by atoms with Crippen molar-refractivity contribution in [2.24, 2.45) is 0 Å². The monoisotopic (exact) mass is 280 g/mol. The first-order chi connectivity index (χ1) is 9.67. The highest BCUT2D eigenvalue weighted by Gasteiger charge is 2.24. The van der Waals surface area contributed by atoms with Crippen LogP contribution in [0.25, 0.3) is 0 Å². The van der Waals surface area contributed by atoms with Crippen LogP contribution in [0.15, 0.2) is 18.3 Å². The molecule has 2 heterocycles. The van der Waals surface area contributed by atoms with E-state index in [0.29, 0.717) is 37.3 Å². The molecule has 1 aromatic heterocycles. The Bertz CT molecular complexity index is 387. The lowest BCUT2D eigenvalue weighted by Crippen LogP contribution is -2.36. The lowest BCUT2D eigenvalue weighted by Gasteiger charge is -2.33. The second-order valence-corrected chi connectivity index (χ2v) is 5.30. The van der Waals surface area contributed by atoms with Crippen molar-refractivity contribution in [1.82, 2.24) is 4.98 Å².